The van der Waals surface area contributed by atoms with Gasteiger partial charge in [-0.25, -0.2) is 9.78 Å². The van der Waals surface area contributed by atoms with Crippen LogP contribution in [0, 0.1) is 13.8 Å². The molecule has 1 saturated heterocycles. The van der Waals surface area contributed by atoms with Gasteiger partial charge in [-0.15, -0.1) is 0 Å². The molecule has 2 rings (SSSR count). The minimum absolute atomic E-state index is 0.0105. The van der Waals surface area contributed by atoms with Crippen LogP contribution in [0.1, 0.15) is 11.3 Å². The van der Waals surface area contributed by atoms with E-state index in [2.05, 4.69) is 20.6 Å². The van der Waals surface area contributed by atoms with Crippen molar-refractivity contribution >= 4 is 17.8 Å². The number of hydrogen-bond donors (Lipinski definition) is 2. The Bertz CT molecular complexity index is 502. The number of carbonyl (C=O) groups is 1. The summed E-state index contributed by atoms with van der Waals surface area (Å²) in [6, 6.07) is 0.0105. The maximum Gasteiger partial charge on any atom is 0.317 e. The number of rotatable bonds is 5. The summed E-state index contributed by atoms with van der Waals surface area (Å²) in [7, 11) is 3.84. The molecule has 20 heavy (non-hydrogen) atoms. The lowest BCUT2D eigenvalue weighted by molar-refractivity contribution is 0.219. The van der Waals surface area contributed by atoms with Crippen molar-refractivity contribution in [2.45, 2.75) is 13.8 Å². The van der Waals surface area contributed by atoms with E-state index in [1.807, 2.05) is 32.8 Å². The Morgan fingerprint density at radius 2 is 2.10 bits per heavy atom. The van der Waals surface area contributed by atoms with E-state index < -0.39 is 0 Å². The predicted octanol–water partition coefficient (Wildman–Crippen LogP) is 0.597. The minimum Gasteiger partial charge on any atom is -0.368 e. The molecule has 0 atom stereocenters. The summed E-state index contributed by atoms with van der Waals surface area (Å²) < 4.78 is 0. The van der Waals surface area contributed by atoms with Crippen LogP contribution in [0.5, 0.6) is 0 Å². The van der Waals surface area contributed by atoms with Gasteiger partial charge in [0.25, 0.3) is 0 Å². The molecule has 0 radical (unpaired) electrons. The number of carbonyl (C=O) groups excluding carboxylic acids is 1. The van der Waals surface area contributed by atoms with E-state index in [1.165, 1.54) is 0 Å². The van der Waals surface area contributed by atoms with Crippen molar-refractivity contribution in [3.8, 4) is 0 Å². The van der Waals surface area contributed by atoms with Crippen LogP contribution in [0.4, 0.5) is 16.6 Å². The molecule has 0 aliphatic carbocycles. The summed E-state index contributed by atoms with van der Waals surface area (Å²) in [6.07, 6.45) is 0. The zero-order valence-corrected chi connectivity index (χ0v) is 12.5. The van der Waals surface area contributed by atoms with Crippen LogP contribution in [-0.4, -0.2) is 61.2 Å². The van der Waals surface area contributed by atoms with Gasteiger partial charge in [0.15, 0.2) is 0 Å². The first-order valence-electron chi connectivity index (χ1n) is 6.78. The highest BCUT2D eigenvalue weighted by atomic mass is 16.2. The largest absolute Gasteiger partial charge is 0.368 e. The van der Waals surface area contributed by atoms with E-state index in [-0.39, 0.29) is 6.03 Å². The summed E-state index contributed by atoms with van der Waals surface area (Å²) in [5.74, 6) is 1.52. The number of aryl methyl sites for hydroxylation is 1. The molecule has 0 unspecified atom stereocenters. The molecule has 0 bridgehead atoms. The van der Waals surface area contributed by atoms with Crippen molar-refractivity contribution in [3.63, 3.8) is 0 Å². The molecule has 7 nitrogen and oxygen atoms in total. The van der Waals surface area contributed by atoms with Crippen LogP contribution in [0.3, 0.4) is 0 Å². The van der Waals surface area contributed by atoms with E-state index in [9.17, 15) is 4.79 Å². The summed E-state index contributed by atoms with van der Waals surface area (Å²) in [5, 5.41) is 6.09. The summed E-state index contributed by atoms with van der Waals surface area (Å²) in [5.41, 5.74) is 2.01. The summed E-state index contributed by atoms with van der Waals surface area (Å²) in [6.45, 7) is 6.83. The Hall–Kier alpha value is -2.05. The van der Waals surface area contributed by atoms with E-state index in [0.717, 1.165) is 30.2 Å². The van der Waals surface area contributed by atoms with E-state index >= 15 is 0 Å². The molecule has 2 amide bonds. The number of aromatic nitrogens is 2. The molecule has 1 fully saturated rings. The number of amides is 2. The third-order valence-corrected chi connectivity index (χ3v) is 3.40. The molecule has 1 aliphatic heterocycles. The lowest BCUT2D eigenvalue weighted by atomic mass is 10.2. The lowest BCUT2D eigenvalue weighted by Crippen LogP contribution is -2.32. The third-order valence-electron chi connectivity index (χ3n) is 3.40. The zero-order chi connectivity index (χ0) is 14.7. The number of nitrogens with zero attached hydrogens (tertiary/aromatic N) is 4. The average Bonchev–Trinajstić information content (AvgIpc) is 2.80. The van der Waals surface area contributed by atoms with Gasteiger partial charge in [0, 0.05) is 51.5 Å². The Morgan fingerprint density at radius 3 is 2.70 bits per heavy atom. The minimum atomic E-state index is 0.0105. The van der Waals surface area contributed by atoms with Crippen molar-refractivity contribution in [1.29, 1.82) is 0 Å². The molecule has 1 aromatic heterocycles. The smallest absolute Gasteiger partial charge is 0.317 e. The van der Waals surface area contributed by atoms with Gasteiger partial charge in [-0.3, -0.25) is 0 Å². The fourth-order valence-corrected chi connectivity index (χ4v) is 2.02. The Balaban J connectivity index is 1.99. The molecular formula is C13H22N6O. The number of urea groups is 1. The van der Waals surface area contributed by atoms with Gasteiger partial charge in [-0.05, 0) is 13.8 Å². The van der Waals surface area contributed by atoms with Gasteiger partial charge >= 0.3 is 6.03 Å². The Kier molecular flexibility index (Phi) is 4.26. The first-order valence-corrected chi connectivity index (χ1v) is 6.78. The van der Waals surface area contributed by atoms with Gasteiger partial charge in [0.1, 0.15) is 5.82 Å². The van der Waals surface area contributed by atoms with Crippen LogP contribution in [0.15, 0.2) is 0 Å². The van der Waals surface area contributed by atoms with E-state index in [1.54, 1.807) is 4.90 Å². The van der Waals surface area contributed by atoms with Gasteiger partial charge in [0.2, 0.25) is 5.95 Å². The highest BCUT2D eigenvalue weighted by Crippen LogP contribution is 2.18. The van der Waals surface area contributed by atoms with Crippen LogP contribution in [0.25, 0.3) is 0 Å². The predicted molar refractivity (Wildman–Crippen MR) is 79.3 cm³/mol. The van der Waals surface area contributed by atoms with Crippen molar-refractivity contribution in [2.24, 2.45) is 0 Å². The molecule has 0 aromatic carbocycles. The topological polar surface area (TPSA) is 73.4 Å². The number of hydrogen-bond acceptors (Lipinski definition) is 5. The first-order chi connectivity index (χ1) is 9.49. The number of anilines is 2. The van der Waals surface area contributed by atoms with Crippen molar-refractivity contribution in [2.75, 3.05) is 50.5 Å². The monoisotopic (exact) mass is 278 g/mol. The van der Waals surface area contributed by atoms with Crippen LogP contribution in [-0.2, 0) is 0 Å². The highest BCUT2D eigenvalue weighted by Gasteiger charge is 2.18. The van der Waals surface area contributed by atoms with Gasteiger partial charge in [0.05, 0.1) is 0 Å². The standard InChI is InChI=1S/C13H22N6O/c1-9-10(2)16-12(18(3)4)17-11(9)14-5-7-19-8-6-15-13(19)20/h5-8H2,1-4H3,(H,15,20)(H,14,16,17). The van der Waals surface area contributed by atoms with Gasteiger partial charge in [-0.2, -0.15) is 4.98 Å². The molecule has 1 aliphatic rings. The SMILES string of the molecule is Cc1nc(N(C)C)nc(NCCN2CCNC2=O)c1C. The van der Waals surface area contributed by atoms with Crippen molar-refractivity contribution < 1.29 is 4.79 Å². The molecule has 0 saturated carbocycles. The van der Waals surface area contributed by atoms with Gasteiger partial charge < -0.3 is 20.4 Å². The third kappa shape index (κ3) is 3.09. The molecule has 2 N–H and O–H groups in total. The Labute approximate surface area is 119 Å². The van der Waals surface area contributed by atoms with Gasteiger partial charge in [-0.1, -0.05) is 0 Å². The fraction of sp³-hybridized carbons (Fsp3) is 0.615. The molecule has 110 valence electrons. The quantitative estimate of drug-likeness (QED) is 0.825. The average molecular weight is 278 g/mol. The summed E-state index contributed by atoms with van der Waals surface area (Å²) in [4.78, 5) is 24.0. The second-order valence-electron chi connectivity index (χ2n) is 5.12. The molecule has 0 spiro atoms. The molecule has 1 aromatic rings. The van der Waals surface area contributed by atoms with Crippen molar-refractivity contribution in [3.05, 3.63) is 11.3 Å². The Morgan fingerprint density at radius 1 is 1.35 bits per heavy atom. The molecule has 7 heteroatoms. The first kappa shape index (κ1) is 14.4. The maximum absolute atomic E-state index is 11.4. The van der Waals surface area contributed by atoms with E-state index in [4.69, 9.17) is 0 Å². The molecular weight excluding hydrogens is 256 g/mol. The second-order valence-corrected chi connectivity index (χ2v) is 5.12. The summed E-state index contributed by atoms with van der Waals surface area (Å²) >= 11 is 0. The van der Waals surface area contributed by atoms with Crippen molar-refractivity contribution in [1.82, 2.24) is 20.2 Å². The zero-order valence-electron chi connectivity index (χ0n) is 12.5. The fourth-order valence-electron chi connectivity index (χ4n) is 2.02. The highest BCUT2D eigenvalue weighted by molar-refractivity contribution is 5.76. The lowest BCUT2D eigenvalue weighted by Gasteiger charge is -2.18. The molecule has 2 heterocycles. The van der Waals surface area contributed by atoms with Crippen LogP contribution >= 0.6 is 0 Å². The second kappa shape index (κ2) is 5.94. The maximum atomic E-state index is 11.4. The number of nitrogens with one attached hydrogen (secondary N) is 2. The normalized spacial score (nSPS) is 14.4. The van der Waals surface area contributed by atoms with Crippen LogP contribution in [0.2, 0.25) is 0 Å². The van der Waals surface area contributed by atoms with Crippen LogP contribution < -0.4 is 15.5 Å². The van der Waals surface area contributed by atoms with E-state index in [0.29, 0.717) is 19.0 Å².